The Bertz CT molecular complexity index is 635. The van der Waals surface area contributed by atoms with Gasteiger partial charge >= 0.3 is 11.9 Å². The molecular weight excluding hydrogens is 263 g/mol. The van der Waals surface area contributed by atoms with Gasteiger partial charge in [0.15, 0.2) is 0 Å². The third kappa shape index (κ3) is 3.65. The first-order valence-electron chi connectivity index (χ1n) is 5.83. The van der Waals surface area contributed by atoms with Crippen LogP contribution >= 0.6 is 0 Å². The normalized spacial score (nSPS) is 10.1. The molecule has 0 amide bonds. The van der Waals surface area contributed by atoms with Gasteiger partial charge in [-0.15, -0.1) is 0 Å². The van der Waals surface area contributed by atoms with Crippen LogP contribution in [-0.4, -0.2) is 17.0 Å². The number of rotatable bonds is 4. The van der Waals surface area contributed by atoms with Crippen molar-refractivity contribution in [2.45, 2.75) is 6.42 Å². The molecule has 2 rings (SSSR count). The quantitative estimate of drug-likeness (QED) is 0.687. The zero-order chi connectivity index (χ0) is 14.5. The van der Waals surface area contributed by atoms with Gasteiger partial charge in [0.2, 0.25) is 0 Å². The molecule has 4 nitrogen and oxygen atoms in total. The maximum absolute atomic E-state index is 12.7. The second-order valence-corrected chi connectivity index (χ2v) is 4.11. The Morgan fingerprint density at radius 3 is 2.45 bits per heavy atom. The first kappa shape index (κ1) is 13.7. The van der Waals surface area contributed by atoms with E-state index in [1.165, 1.54) is 48.5 Å². The van der Waals surface area contributed by atoms with Crippen molar-refractivity contribution in [2.75, 3.05) is 0 Å². The van der Waals surface area contributed by atoms with Gasteiger partial charge in [0, 0.05) is 0 Å². The van der Waals surface area contributed by atoms with Crippen LogP contribution in [0.5, 0.6) is 5.75 Å². The molecule has 0 saturated heterocycles. The first-order chi connectivity index (χ1) is 9.54. The predicted molar refractivity (Wildman–Crippen MR) is 69.1 cm³/mol. The van der Waals surface area contributed by atoms with Crippen molar-refractivity contribution in [3.05, 3.63) is 65.5 Å². The van der Waals surface area contributed by atoms with Gasteiger partial charge in [-0.05, 0) is 35.9 Å². The largest absolute Gasteiger partial charge is 0.478 e. The summed E-state index contributed by atoms with van der Waals surface area (Å²) in [4.78, 5) is 22.5. The van der Waals surface area contributed by atoms with Crippen LogP contribution in [0.3, 0.4) is 0 Å². The third-order valence-electron chi connectivity index (χ3n) is 2.57. The second kappa shape index (κ2) is 5.97. The molecule has 2 aromatic carbocycles. The zero-order valence-corrected chi connectivity index (χ0v) is 10.4. The molecule has 0 atom stereocenters. The van der Waals surface area contributed by atoms with E-state index in [2.05, 4.69) is 0 Å². The molecule has 5 heteroatoms. The van der Waals surface area contributed by atoms with Crippen LogP contribution in [0.25, 0.3) is 0 Å². The lowest BCUT2D eigenvalue weighted by Gasteiger charge is -2.05. The molecule has 1 N–H and O–H groups in total. The van der Waals surface area contributed by atoms with E-state index in [0.717, 1.165) is 0 Å². The van der Waals surface area contributed by atoms with E-state index in [0.29, 0.717) is 5.56 Å². The minimum absolute atomic E-state index is 0.0163. The lowest BCUT2D eigenvalue weighted by molar-refractivity contribution is -0.133. The molecule has 102 valence electrons. The number of carboxylic acid groups (broad SMARTS) is 1. The number of carbonyl (C=O) groups excluding carboxylic acids is 1. The maximum Gasteiger partial charge on any atom is 0.335 e. The number of hydrogen-bond donors (Lipinski definition) is 1. The topological polar surface area (TPSA) is 63.6 Å². The minimum Gasteiger partial charge on any atom is -0.478 e. The molecule has 0 bridgehead atoms. The summed E-state index contributed by atoms with van der Waals surface area (Å²) < 4.78 is 17.8. The number of hydrogen-bond acceptors (Lipinski definition) is 3. The van der Waals surface area contributed by atoms with Gasteiger partial charge in [-0.25, -0.2) is 9.18 Å². The number of carbonyl (C=O) groups is 2. The van der Waals surface area contributed by atoms with Crippen molar-refractivity contribution < 1.29 is 23.8 Å². The highest BCUT2D eigenvalue weighted by Crippen LogP contribution is 2.14. The van der Waals surface area contributed by atoms with Gasteiger partial charge in [0.1, 0.15) is 11.6 Å². The maximum atomic E-state index is 12.7. The smallest absolute Gasteiger partial charge is 0.335 e. The Labute approximate surface area is 114 Å². The molecule has 0 aliphatic rings. The van der Waals surface area contributed by atoms with E-state index < -0.39 is 11.9 Å². The number of halogens is 1. The van der Waals surface area contributed by atoms with Gasteiger partial charge in [0.25, 0.3) is 0 Å². The number of benzene rings is 2. The van der Waals surface area contributed by atoms with E-state index in [-0.39, 0.29) is 23.6 Å². The molecule has 0 heterocycles. The molecule has 0 saturated carbocycles. The highest BCUT2D eigenvalue weighted by molar-refractivity contribution is 5.88. The van der Waals surface area contributed by atoms with Crippen LogP contribution in [0.4, 0.5) is 4.39 Å². The highest BCUT2D eigenvalue weighted by Gasteiger charge is 2.09. The standard InChI is InChI=1S/C15H11FO4/c16-12-6-4-10(5-7-12)8-14(17)20-13-3-1-2-11(9-13)15(18)19/h1-7,9H,8H2,(H,18,19). The number of aromatic carboxylic acids is 1. The molecule has 0 aliphatic carbocycles. The SMILES string of the molecule is O=C(Cc1ccc(F)cc1)Oc1cccc(C(=O)O)c1. The zero-order valence-electron chi connectivity index (χ0n) is 10.4. The van der Waals surface area contributed by atoms with Crippen molar-refractivity contribution in [1.82, 2.24) is 0 Å². The van der Waals surface area contributed by atoms with Gasteiger partial charge in [-0.3, -0.25) is 4.79 Å². The molecule has 2 aromatic rings. The lowest BCUT2D eigenvalue weighted by Crippen LogP contribution is -2.11. The summed E-state index contributed by atoms with van der Waals surface area (Å²) in [6.45, 7) is 0. The molecular formula is C15H11FO4. The highest BCUT2D eigenvalue weighted by atomic mass is 19.1. The van der Waals surface area contributed by atoms with Crippen molar-refractivity contribution in [3.63, 3.8) is 0 Å². The number of ether oxygens (including phenoxy) is 1. The number of carboxylic acids is 1. The summed E-state index contributed by atoms with van der Waals surface area (Å²) in [5.41, 5.74) is 0.655. The Hall–Kier alpha value is -2.69. The summed E-state index contributed by atoms with van der Waals surface area (Å²) >= 11 is 0. The molecule has 0 spiro atoms. The monoisotopic (exact) mass is 274 g/mol. The van der Waals surface area contributed by atoms with Crippen molar-refractivity contribution >= 4 is 11.9 Å². The fraction of sp³-hybridized carbons (Fsp3) is 0.0667. The van der Waals surface area contributed by atoms with Gasteiger partial charge in [0.05, 0.1) is 12.0 Å². The molecule has 0 aromatic heterocycles. The third-order valence-corrected chi connectivity index (χ3v) is 2.57. The van der Waals surface area contributed by atoms with Gasteiger partial charge in [-0.2, -0.15) is 0 Å². The van der Waals surface area contributed by atoms with Gasteiger partial charge < -0.3 is 9.84 Å². The van der Waals surface area contributed by atoms with Crippen LogP contribution < -0.4 is 4.74 Å². The van der Waals surface area contributed by atoms with Crippen molar-refractivity contribution in [1.29, 1.82) is 0 Å². The number of esters is 1. The summed E-state index contributed by atoms with van der Waals surface area (Å²) in [7, 11) is 0. The van der Waals surface area contributed by atoms with Crippen LogP contribution in [-0.2, 0) is 11.2 Å². The predicted octanol–water partition coefficient (Wildman–Crippen LogP) is 2.67. The molecule has 0 radical (unpaired) electrons. The fourth-order valence-corrected chi connectivity index (χ4v) is 1.63. The molecule has 0 fully saturated rings. The summed E-state index contributed by atoms with van der Waals surface area (Å²) in [6, 6.07) is 11.2. The van der Waals surface area contributed by atoms with Crippen molar-refractivity contribution in [3.8, 4) is 5.75 Å². The van der Waals surface area contributed by atoms with Crippen LogP contribution in [0.15, 0.2) is 48.5 Å². The van der Waals surface area contributed by atoms with E-state index in [1.807, 2.05) is 0 Å². The Morgan fingerprint density at radius 2 is 1.80 bits per heavy atom. The second-order valence-electron chi connectivity index (χ2n) is 4.11. The fourth-order valence-electron chi connectivity index (χ4n) is 1.63. The summed E-state index contributed by atoms with van der Waals surface area (Å²) in [6.07, 6.45) is -0.0163. The summed E-state index contributed by atoms with van der Waals surface area (Å²) in [5.74, 6) is -1.85. The van der Waals surface area contributed by atoms with E-state index in [4.69, 9.17) is 9.84 Å². The molecule has 20 heavy (non-hydrogen) atoms. The Kier molecular flexibility index (Phi) is 4.10. The van der Waals surface area contributed by atoms with Crippen molar-refractivity contribution in [2.24, 2.45) is 0 Å². The van der Waals surface area contributed by atoms with Gasteiger partial charge in [-0.1, -0.05) is 18.2 Å². The van der Waals surface area contributed by atoms with E-state index >= 15 is 0 Å². The van der Waals surface area contributed by atoms with Crippen LogP contribution in [0, 0.1) is 5.82 Å². The average molecular weight is 274 g/mol. The average Bonchev–Trinajstić information content (AvgIpc) is 2.41. The minimum atomic E-state index is -1.10. The van der Waals surface area contributed by atoms with E-state index in [1.54, 1.807) is 0 Å². The first-order valence-corrected chi connectivity index (χ1v) is 5.83. The van der Waals surface area contributed by atoms with Crippen LogP contribution in [0.2, 0.25) is 0 Å². The summed E-state index contributed by atoms with van der Waals surface area (Å²) in [5, 5.41) is 8.83. The lowest BCUT2D eigenvalue weighted by atomic mass is 10.1. The molecule has 0 aliphatic heterocycles. The molecule has 0 unspecified atom stereocenters. The van der Waals surface area contributed by atoms with Crippen LogP contribution in [0.1, 0.15) is 15.9 Å². The Balaban J connectivity index is 2.02. The van der Waals surface area contributed by atoms with E-state index in [9.17, 15) is 14.0 Å². The Morgan fingerprint density at radius 1 is 1.10 bits per heavy atom.